The fourth-order valence-corrected chi connectivity index (χ4v) is 4.98. The van der Waals surface area contributed by atoms with Crippen molar-refractivity contribution in [3.05, 3.63) is 47.0 Å². The van der Waals surface area contributed by atoms with E-state index in [9.17, 15) is 9.90 Å². The quantitative estimate of drug-likeness (QED) is 0.896. The molecule has 1 amide bonds. The van der Waals surface area contributed by atoms with Gasteiger partial charge < -0.3 is 14.9 Å². The molecule has 0 radical (unpaired) electrons. The number of aliphatic hydroxyl groups excluding tert-OH is 1. The molecule has 2 aromatic rings. The Labute approximate surface area is 158 Å². The molecular weight excluding hydrogens is 346 g/mol. The lowest BCUT2D eigenvalue weighted by atomic mass is 10.00. The molecule has 5 nitrogen and oxygen atoms in total. The third kappa shape index (κ3) is 3.48. The fourth-order valence-electron chi connectivity index (χ4n) is 4.07. The van der Waals surface area contributed by atoms with Crippen molar-refractivity contribution in [2.75, 3.05) is 31.1 Å². The number of aromatic nitrogens is 1. The Morgan fingerprint density at radius 3 is 2.81 bits per heavy atom. The molecule has 1 unspecified atom stereocenters. The number of carbonyl (C=O) groups is 1. The summed E-state index contributed by atoms with van der Waals surface area (Å²) in [5.41, 5.74) is 1.21. The van der Waals surface area contributed by atoms with Crippen LogP contribution in [0.4, 0.5) is 5.13 Å². The number of hydrogen-bond acceptors (Lipinski definition) is 5. The Morgan fingerprint density at radius 1 is 1.19 bits per heavy atom. The SMILES string of the molecule is O=C(c1cnc(N2CCC[C@H](CO)C2)s1)N1CCCC1c1ccccc1. The molecule has 0 aliphatic carbocycles. The summed E-state index contributed by atoms with van der Waals surface area (Å²) < 4.78 is 0. The number of aliphatic hydroxyl groups is 1. The summed E-state index contributed by atoms with van der Waals surface area (Å²) in [6.45, 7) is 2.81. The zero-order valence-corrected chi connectivity index (χ0v) is 15.7. The van der Waals surface area contributed by atoms with Crippen molar-refractivity contribution in [1.29, 1.82) is 0 Å². The highest BCUT2D eigenvalue weighted by molar-refractivity contribution is 7.17. The lowest BCUT2D eigenvalue weighted by molar-refractivity contribution is 0.0740. The number of nitrogens with zero attached hydrogens (tertiary/aromatic N) is 3. The molecule has 2 fully saturated rings. The topological polar surface area (TPSA) is 56.7 Å². The number of rotatable bonds is 4. The molecule has 138 valence electrons. The molecule has 2 atom stereocenters. The average molecular weight is 372 g/mol. The third-order valence-corrected chi connectivity index (χ3v) is 6.50. The van der Waals surface area contributed by atoms with E-state index in [4.69, 9.17) is 0 Å². The highest BCUT2D eigenvalue weighted by Crippen LogP contribution is 2.35. The minimum absolute atomic E-state index is 0.0934. The van der Waals surface area contributed by atoms with Crippen LogP contribution in [-0.4, -0.2) is 47.1 Å². The smallest absolute Gasteiger partial charge is 0.266 e. The summed E-state index contributed by atoms with van der Waals surface area (Å²) in [5, 5.41) is 10.3. The van der Waals surface area contributed by atoms with Gasteiger partial charge in [-0.1, -0.05) is 41.7 Å². The first-order valence-electron chi connectivity index (χ1n) is 9.44. The second kappa shape index (κ2) is 7.76. The Morgan fingerprint density at radius 2 is 2.00 bits per heavy atom. The molecule has 26 heavy (non-hydrogen) atoms. The summed E-state index contributed by atoms with van der Waals surface area (Å²) in [7, 11) is 0. The number of piperidine rings is 1. The summed E-state index contributed by atoms with van der Waals surface area (Å²) >= 11 is 1.49. The first kappa shape index (κ1) is 17.5. The van der Waals surface area contributed by atoms with E-state index in [1.807, 2.05) is 23.1 Å². The standard InChI is InChI=1S/C20H25N3O2S/c24-14-15-6-4-10-22(13-15)20-21-12-18(26-20)19(25)23-11-5-9-17(23)16-7-2-1-3-8-16/h1-3,7-8,12,15,17,24H,4-6,9-11,13-14H2/t15-,17?/m0/s1. The van der Waals surface area contributed by atoms with Crippen molar-refractivity contribution < 1.29 is 9.90 Å². The number of anilines is 1. The van der Waals surface area contributed by atoms with Crippen LogP contribution >= 0.6 is 11.3 Å². The lowest BCUT2D eigenvalue weighted by Crippen LogP contribution is -2.36. The minimum Gasteiger partial charge on any atom is -0.396 e. The molecule has 4 rings (SSSR count). The molecule has 2 aliphatic rings. The minimum atomic E-state index is 0.0934. The molecule has 0 bridgehead atoms. The van der Waals surface area contributed by atoms with Crippen LogP contribution in [0.1, 0.15) is 47.0 Å². The maximum atomic E-state index is 13.1. The van der Waals surface area contributed by atoms with E-state index in [-0.39, 0.29) is 18.6 Å². The molecule has 0 saturated carbocycles. The maximum Gasteiger partial charge on any atom is 0.266 e. The van der Waals surface area contributed by atoms with Gasteiger partial charge in [0.1, 0.15) is 4.88 Å². The highest BCUT2D eigenvalue weighted by Gasteiger charge is 2.32. The monoisotopic (exact) mass is 371 g/mol. The van der Waals surface area contributed by atoms with Gasteiger partial charge in [0.05, 0.1) is 12.2 Å². The first-order chi connectivity index (χ1) is 12.8. The van der Waals surface area contributed by atoms with Gasteiger partial charge in [-0.05, 0) is 37.2 Å². The first-order valence-corrected chi connectivity index (χ1v) is 10.3. The largest absolute Gasteiger partial charge is 0.396 e. The molecule has 3 heterocycles. The van der Waals surface area contributed by atoms with Crippen molar-refractivity contribution in [3.63, 3.8) is 0 Å². The second-order valence-electron chi connectivity index (χ2n) is 7.21. The van der Waals surface area contributed by atoms with Gasteiger partial charge in [-0.25, -0.2) is 4.98 Å². The van der Waals surface area contributed by atoms with Crippen molar-refractivity contribution in [1.82, 2.24) is 9.88 Å². The molecule has 2 saturated heterocycles. The zero-order chi connectivity index (χ0) is 17.9. The zero-order valence-electron chi connectivity index (χ0n) is 14.9. The fraction of sp³-hybridized carbons (Fsp3) is 0.500. The molecule has 1 N–H and O–H groups in total. The van der Waals surface area contributed by atoms with E-state index < -0.39 is 0 Å². The van der Waals surface area contributed by atoms with Crippen LogP contribution in [0, 0.1) is 5.92 Å². The van der Waals surface area contributed by atoms with E-state index in [2.05, 4.69) is 22.0 Å². The second-order valence-corrected chi connectivity index (χ2v) is 8.22. The van der Waals surface area contributed by atoms with Gasteiger partial charge in [0.2, 0.25) is 0 Å². The van der Waals surface area contributed by atoms with E-state index in [1.165, 1.54) is 16.9 Å². The van der Waals surface area contributed by atoms with Crippen LogP contribution in [0.3, 0.4) is 0 Å². The number of amides is 1. The predicted octanol–water partition coefficient (Wildman–Crippen LogP) is 3.33. The van der Waals surface area contributed by atoms with Crippen LogP contribution in [0.2, 0.25) is 0 Å². The number of likely N-dealkylation sites (tertiary alicyclic amines) is 1. The summed E-state index contributed by atoms with van der Waals surface area (Å²) in [4.78, 5) is 22.5. The van der Waals surface area contributed by atoms with Gasteiger partial charge in [-0.3, -0.25) is 4.79 Å². The van der Waals surface area contributed by atoms with Gasteiger partial charge in [0.25, 0.3) is 5.91 Å². The van der Waals surface area contributed by atoms with Crippen molar-refractivity contribution in [2.45, 2.75) is 31.7 Å². The number of benzene rings is 1. The summed E-state index contributed by atoms with van der Waals surface area (Å²) in [6.07, 6.45) is 5.92. The summed E-state index contributed by atoms with van der Waals surface area (Å²) in [6, 6.07) is 10.5. The Kier molecular flexibility index (Phi) is 5.22. The van der Waals surface area contributed by atoms with E-state index in [0.29, 0.717) is 10.8 Å². The van der Waals surface area contributed by atoms with Gasteiger partial charge in [-0.2, -0.15) is 0 Å². The lowest BCUT2D eigenvalue weighted by Gasteiger charge is -2.31. The van der Waals surface area contributed by atoms with Crippen molar-refractivity contribution in [2.24, 2.45) is 5.92 Å². The van der Waals surface area contributed by atoms with Gasteiger partial charge in [0, 0.05) is 26.2 Å². The van der Waals surface area contributed by atoms with Crippen molar-refractivity contribution in [3.8, 4) is 0 Å². The molecule has 1 aromatic carbocycles. The van der Waals surface area contributed by atoms with Crippen LogP contribution in [0.5, 0.6) is 0 Å². The Hall–Kier alpha value is -1.92. The van der Waals surface area contributed by atoms with Crippen molar-refractivity contribution >= 4 is 22.4 Å². The molecule has 1 aromatic heterocycles. The van der Waals surface area contributed by atoms with Crippen LogP contribution in [-0.2, 0) is 0 Å². The molecule has 6 heteroatoms. The molecule has 2 aliphatic heterocycles. The number of hydrogen-bond donors (Lipinski definition) is 1. The number of carbonyl (C=O) groups excluding carboxylic acids is 1. The number of thiazole rings is 1. The van der Waals surface area contributed by atoms with Gasteiger partial charge in [0.15, 0.2) is 5.13 Å². The average Bonchev–Trinajstić information content (AvgIpc) is 3.38. The normalized spacial score (nSPS) is 23.4. The van der Waals surface area contributed by atoms with Crippen LogP contribution in [0.15, 0.2) is 36.5 Å². The third-order valence-electron chi connectivity index (χ3n) is 5.45. The van der Waals surface area contributed by atoms with E-state index in [0.717, 1.165) is 50.4 Å². The molecular formula is C20H25N3O2S. The van der Waals surface area contributed by atoms with Crippen LogP contribution in [0.25, 0.3) is 0 Å². The van der Waals surface area contributed by atoms with Crippen LogP contribution < -0.4 is 4.90 Å². The maximum absolute atomic E-state index is 13.1. The van der Waals surface area contributed by atoms with E-state index in [1.54, 1.807) is 6.20 Å². The molecule has 0 spiro atoms. The van der Waals surface area contributed by atoms with Gasteiger partial charge in [-0.15, -0.1) is 0 Å². The Bertz CT molecular complexity index is 749. The summed E-state index contributed by atoms with van der Waals surface area (Å²) in [5.74, 6) is 0.406. The predicted molar refractivity (Wildman–Crippen MR) is 104 cm³/mol. The van der Waals surface area contributed by atoms with E-state index >= 15 is 0 Å². The Balaban J connectivity index is 1.49. The highest BCUT2D eigenvalue weighted by atomic mass is 32.1. The van der Waals surface area contributed by atoms with Gasteiger partial charge >= 0.3 is 0 Å².